The van der Waals surface area contributed by atoms with Crippen molar-refractivity contribution >= 4 is 12.1 Å². The van der Waals surface area contributed by atoms with Gasteiger partial charge in [-0.15, -0.1) is 0 Å². The Morgan fingerprint density at radius 2 is 1.88 bits per heavy atom. The number of hydrogen-bond donors (Lipinski definition) is 0. The summed E-state index contributed by atoms with van der Waals surface area (Å²) in [6.07, 6.45) is 0.852. The van der Waals surface area contributed by atoms with Crippen LogP contribution in [-0.4, -0.2) is 49.4 Å². The third-order valence-corrected chi connectivity index (χ3v) is 4.27. The molecule has 1 aliphatic heterocycles. The van der Waals surface area contributed by atoms with Crippen LogP contribution in [0.15, 0.2) is 24.3 Å². The van der Waals surface area contributed by atoms with E-state index in [9.17, 15) is 9.59 Å². The van der Waals surface area contributed by atoms with Gasteiger partial charge in [0.25, 0.3) is 0 Å². The van der Waals surface area contributed by atoms with Crippen molar-refractivity contribution in [2.45, 2.75) is 45.3 Å². The fourth-order valence-corrected chi connectivity index (χ4v) is 3.19. The van der Waals surface area contributed by atoms with Gasteiger partial charge in [0.1, 0.15) is 17.4 Å². The minimum Gasteiger partial charge on any atom is -0.496 e. The fraction of sp³-hybridized carbons (Fsp3) is 0.579. The Hall–Kier alpha value is -2.24. The Balaban J connectivity index is 2.21. The van der Waals surface area contributed by atoms with Crippen LogP contribution in [0.2, 0.25) is 0 Å². The summed E-state index contributed by atoms with van der Waals surface area (Å²) in [5, 5.41) is 0. The van der Waals surface area contributed by atoms with Crippen molar-refractivity contribution in [3.63, 3.8) is 0 Å². The number of hydrogen-bond acceptors (Lipinski definition) is 5. The molecule has 1 amide bonds. The lowest BCUT2D eigenvalue weighted by atomic mass is 9.92. The number of carbonyl (C=O) groups excluding carboxylic acids is 2. The highest BCUT2D eigenvalue weighted by atomic mass is 16.6. The summed E-state index contributed by atoms with van der Waals surface area (Å²) >= 11 is 0. The molecular formula is C19H27NO5. The van der Waals surface area contributed by atoms with E-state index in [1.54, 1.807) is 27.9 Å². The fourth-order valence-electron chi connectivity index (χ4n) is 3.19. The molecular weight excluding hydrogens is 322 g/mol. The van der Waals surface area contributed by atoms with Gasteiger partial charge in [0.05, 0.1) is 14.2 Å². The average molecular weight is 349 g/mol. The number of benzene rings is 1. The molecule has 0 radical (unpaired) electrons. The lowest BCUT2D eigenvalue weighted by molar-refractivity contribution is -0.147. The number of ether oxygens (including phenoxy) is 3. The first-order chi connectivity index (χ1) is 11.8. The molecule has 138 valence electrons. The van der Waals surface area contributed by atoms with Crippen molar-refractivity contribution in [3.05, 3.63) is 29.8 Å². The lowest BCUT2D eigenvalue weighted by Gasteiger charge is -2.29. The number of nitrogens with zero attached hydrogens (tertiary/aromatic N) is 1. The third kappa shape index (κ3) is 4.65. The SMILES string of the molecule is COC(=O)[C@@H]1[C@H](Cc2ccccc2OC)CCN1C(=O)OC(C)(C)C. The van der Waals surface area contributed by atoms with E-state index < -0.39 is 23.7 Å². The van der Waals surface area contributed by atoms with Crippen molar-refractivity contribution in [3.8, 4) is 5.75 Å². The topological polar surface area (TPSA) is 65.1 Å². The molecule has 0 N–H and O–H groups in total. The molecule has 2 atom stereocenters. The number of amides is 1. The quantitative estimate of drug-likeness (QED) is 0.782. The predicted molar refractivity (Wildman–Crippen MR) is 93.5 cm³/mol. The second-order valence-electron chi connectivity index (χ2n) is 7.21. The Morgan fingerprint density at radius 1 is 1.20 bits per heavy atom. The molecule has 1 fully saturated rings. The Bertz CT molecular complexity index is 622. The highest BCUT2D eigenvalue weighted by Crippen LogP contribution is 2.32. The van der Waals surface area contributed by atoms with Crippen molar-refractivity contribution in [1.29, 1.82) is 0 Å². The maximum atomic E-state index is 12.5. The molecule has 1 heterocycles. The van der Waals surface area contributed by atoms with Gasteiger partial charge in [-0.1, -0.05) is 18.2 Å². The summed E-state index contributed by atoms with van der Waals surface area (Å²) in [4.78, 5) is 26.3. The van der Waals surface area contributed by atoms with Crippen LogP contribution in [0, 0.1) is 5.92 Å². The second kappa shape index (κ2) is 7.76. The van der Waals surface area contributed by atoms with E-state index >= 15 is 0 Å². The van der Waals surface area contributed by atoms with E-state index in [1.807, 2.05) is 24.3 Å². The molecule has 2 rings (SSSR count). The van der Waals surface area contributed by atoms with Gasteiger partial charge in [0.2, 0.25) is 0 Å². The van der Waals surface area contributed by atoms with E-state index in [1.165, 1.54) is 12.0 Å². The monoisotopic (exact) mass is 349 g/mol. The van der Waals surface area contributed by atoms with Gasteiger partial charge in [-0.2, -0.15) is 0 Å². The van der Waals surface area contributed by atoms with Crippen LogP contribution in [0.5, 0.6) is 5.75 Å². The number of para-hydroxylation sites is 1. The van der Waals surface area contributed by atoms with Crippen LogP contribution >= 0.6 is 0 Å². The standard InChI is InChI=1S/C19H27NO5/c1-19(2,3)25-18(22)20-11-10-14(16(20)17(21)24-5)12-13-8-6-7-9-15(13)23-4/h6-9,14,16H,10-12H2,1-5H3/t14-,16-/m0/s1. The first-order valence-corrected chi connectivity index (χ1v) is 8.46. The molecule has 0 spiro atoms. The highest BCUT2D eigenvalue weighted by molar-refractivity contribution is 5.82. The Kier molecular flexibility index (Phi) is 5.93. The van der Waals surface area contributed by atoms with Gasteiger partial charge in [0.15, 0.2) is 0 Å². The third-order valence-electron chi connectivity index (χ3n) is 4.27. The Morgan fingerprint density at radius 3 is 2.48 bits per heavy atom. The lowest BCUT2D eigenvalue weighted by Crippen LogP contribution is -2.46. The number of likely N-dealkylation sites (tertiary alicyclic amines) is 1. The number of carbonyl (C=O) groups is 2. The van der Waals surface area contributed by atoms with Crippen molar-refractivity contribution < 1.29 is 23.8 Å². The summed E-state index contributed by atoms with van der Waals surface area (Å²) in [7, 11) is 2.96. The molecule has 0 bridgehead atoms. The van der Waals surface area contributed by atoms with Crippen LogP contribution in [0.4, 0.5) is 4.79 Å². The Labute approximate surface area is 149 Å². The largest absolute Gasteiger partial charge is 0.496 e. The first-order valence-electron chi connectivity index (χ1n) is 8.46. The average Bonchev–Trinajstić information content (AvgIpc) is 2.97. The molecule has 0 aromatic heterocycles. The summed E-state index contributed by atoms with van der Waals surface area (Å²) in [5.41, 5.74) is 0.397. The number of methoxy groups -OCH3 is 2. The van der Waals surface area contributed by atoms with E-state index in [-0.39, 0.29) is 5.92 Å². The molecule has 0 unspecified atom stereocenters. The second-order valence-corrected chi connectivity index (χ2v) is 7.21. The van der Waals surface area contributed by atoms with Crippen molar-refractivity contribution in [2.24, 2.45) is 5.92 Å². The van der Waals surface area contributed by atoms with E-state index in [2.05, 4.69) is 0 Å². The summed E-state index contributed by atoms with van der Waals surface area (Å²) in [6.45, 7) is 5.88. The first kappa shape index (κ1) is 19.1. The number of rotatable bonds is 4. The zero-order chi connectivity index (χ0) is 18.6. The van der Waals surface area contributed by atoms with Gasteiger partial charge >= 0.3 is 12.1 Å². The minimum atomic E-state index is -0.648. The minimum absolute atomic E-state index is 0.0451. The van der Waals surface area contributed by atoms with Crippen molar-refractivity contribution in [1.82, 2.24) is 4.90 Å². The molecule has 6 heteroatoms. The van der Waals surface area contributed by atoms with Gasteiger partial charge in [0, 0.05) is 6.54 Å². The van der Waals surface area contributed by atoms with Crippen LogP contribution in [0.25, 0.3) is 0 Å². The van der Waals surface area contributed by atoms with Gasteiger partial charge in [-0.25, -0.2) is 9.59 Å². The van der Waals surface area contributed by atoms with Crippen LogP contribution < -0.4 is 4.74 Å². The molecule has 1 aliphatic rings. The summed E-state index contributed by atoms with van der Waals surface area (Å²) in [6, 6.07) is 7.06. The number of esters is 1. The smallest absolute Gasteiger partial charge is 0.411 e. The van der Waals surface area contributed by atoms with Gasteiger partial charge in [-0.05, 0) is 51.2 Å². The molecule has 0 saturated carbocycles. The predicted octanol–water partition coefficient (Wildman–Crippen LogP) is 3.04. The molecule has 1 saturated heterocycles. The normalized spacial score (nSPS) is 20.3. The summed E-state index contributed by atoms with van der Waals surface area (Å²) < 4.78 is 15.8. The zero-order valence-electron chi connectivity index (χ0n) is 15.6. The van der Waals surface area contributed by atoms with E-state index in [0.717, 1.165) is 11.3 Å². The molecule has 1 aromatic carbocycles. The zero-order valence-corrected chi connectivity index (χ0v) is 15.6. The molecule has 0 aliphatic carbocycles. The molecule has 25 heavy (non-hydrogen) atoms. The van der Waals surface area contributed by atoms with E-state index in [0.29, 0.717) is 19.4 Å². The van der Waals surface area contributed by atoms with Gasteiger partial charge < -0.3 is 14.2 Å². The highest BCUT2D eigenvalue weighted by Gasteiger charge is 2.44. The summed E-state index contributed by atoms with van der Waals surface area (Å²) in [5.74, 6) is 0.321. The van der Waals surface area contributed by atoms with E-state index in [4.69, 9.17) is 14.2 Å². The van der Waals surface area contributed by atoms with Crippen LogP contribution in [-0.2, 0) is 20.7 Å². The van der Waals surface area contributed by atoms with Crippen LogP contribution in [0.3, 0.4) is 0 Å². The van der Waals surface area contributed by atoms with Gasteiger partial charge in [-0.3, -0.25) is 4.90 Å². The van der Waals surface area contributed by atoms with Crippen LogP contribution in [0.1, 0.15) is 32.8 Å². The molecule has 6 nitrogen and oxygen atoms in total. The molecule has 1 aromatic rings. The maximum Gasteiger partial charge on any atom is 0.411 e. The van der Waals surface area contributed by atoms with Crippen molar-refractivity contribution in [2.75, 3.05) is 20.8 Å². The maximum absolute atomic E-state index is 12.5.